The summed E-state index contributed by atoms with van der Waals surface area (Å²) in [6.07, 6.45) is 0. The number of aryl methyl sites for hydroxylation is 1. The third-order valence-electron chi connectivity index (χ3n) is 2.81. The van der Waals surface area contributed by atoms with Crippen LogP contribution in [0.3, 0.4) is 0 Å². The van der Waals surface area contributed by atoms with Crippen molar-refractivity contribution >= 4 is 11.6 Å². The maximum atomic E-state index is 13.9. The van der Waals surface area contributed by atoms with Gasteiger partial charge in [-0.25, -0.2) is 14.4 Å². The summed E-state index contributed by atoms with van der Waals surface area (Å²) in [6.45, 7) is 4.72. The minimum atomic E-state index is -0.288. The topological polar surface area (TPSA) is 55.0 Å². The Kier molecular flexibility index (Phi) is 4.06. The van der Waals surface area contributed by atoms with Gasteiger partial charge in [0.15, 0.2) is 0 Å². The molecule has 0 aliphatic carbocycles. The van der Waals surface area contributed by atoms with Crippen molar-refractivity contribution in [3.05, 3.63) is 47.5 Å². The first-order valence-corrected chi connectivity index (χ1v) is 6.22. The van der Waals surface area contributed by atoms with Crippen molar-refractivity contribution in [2.75, 3.05) is 11.4 Å². The van der Waals surface area contributed by atoms with Gasteiger partial charge in [0.1, 0.15) is 5.82 Å². The van der Waals surface area contributed by atoms with Gasteiger partial charge in [0.25, 0.3) is 0 Å². The number of hydrogen-bond donors (Lipinski definition) is 1. The standard InChI is InChI=1S/C14H17FN4/c1-3-19(13-7-5-4-6-12(13)15)14-17-10(2)8-11(9-16)18-14/h4-8H,3,9,16H2,1-2H3. The monoisotopic (exact) mass is 260 g/mol. The van der Waals surface area contributed by atoms with Crippen molar-refractivity contribution in [1.29, 1.82) is 0 Å². The molecule has 0 amide bonds. The molecular formula is C14H17FN4. The molecule has 0 aliphatic rings. The fourth-order valence-electron chi connectivity index (χ4n) is 1.93. The average molecular weight is 260 g/mol. The first-order chi connectivity index (χ1) is 9.15. The molecule has 2 N–H and O–H groups in total. The molecule has 1 heterocycles. The number of rotatable bonds is 4. The van der Waals surface area contributed by atoms with Crippen molar-refractivity contribution in [2.45, 2.75) is 20.4 Å². The summed E-state index contributed by atoms with van der Waals surface area (Å²) in [5.74, 6) is 0.191. The van der Waals surface area contributed by atoms with E-state index in [9.17, 15) is 4.39 Å². The zero-order valence-corrected chi connectivity index (χ0v) is 11.1. The second-order valence-electron chi connectivity index (χ2n) is 4.20. The Balaban J connectivity index is 2.48. The molecule has 0 atom stereocenters. The molecule has 0 fully saturated rings. The number of para-hydroxylation sites is 1. The fraction of sp³-hybridized carbons (Fsp3) is 0.286. The molecule has 0 aliphatic heterocycles. The number of nitrogens with two attached hydrogens (primary N) is 1. The van der Waals surface area contributed by atoms with Crippen molar-refractivity contribution in [3.63, 3.8) is 0 Å². The van der Waals surface area contributed by atoms with Crippen LogP contribution in [0.1, 0.15) is 18.3 Å². The molecule has 0 bridgehead atoms. The number of aromatic nitrogens is 2. The van der Waals surface area contributed by atoms with Gasteiger partial charge >= 0.3 is 0 Å². The minimum absolute atomic E-state index is 0.288. The molecule has 5 heteroatoms. The third-order valence-corrected chi connectivity index (χ3v) is 2.81. The van der Waals surface area contributed by atoms with E-state index >= 15 is 0 Å². The summed E-state index contributed by atoms with van der Waals surface area (Å²) in [6, 6.07) is 8.43. The van der Waals surface area contributed by atoms with Crippen LogP contribution in [0, 0.1) is 12.7 Å². The summed E-state index contributed by atoms with van der Waals surface area (Å²) >= 11 is 0. The number of hydrogen-bond acceptors (Lipinski definition) is 4. The van der Waals surface area contributed by atoms with Crippen LogP contribution in [0.25, 0.3) is 0 Å². The zero-order valence-electron chi connectivity index (χ0n) is 11.1. The Labute approximate surface area is 112 Å². The van der Waals surface area contributed by atoms with Crippen molar-refractivity contribution < 1.29 is 4.39 Å². The predicted molar refractivity (Wildman–Crippen MR) is 73.7 cm³/mol. The zero-order chi connectivity index (χ0) is 13.8. The molecular weight excluding hydrogens is 243 g/mol. The summed E-state index contributed by atoms with van der Waals surface area (Å²) < 4.78 is 13.9. The van der Waals surface area contributed by atoms with E-state index < -0.39 is 0 Å². The largest absolute Gasteiger partial charge is 0.325 e. The molecule has 100 valence electrons. The van der Waals surface area contributed by atoms with Gasteiger partial charge in [-0.3, -0.25) is 0 Å². The average Bonchev–Trinajstić information content (AvgIpc) is 2.41. The molecule has 0 spiro atoms. The van der Waals surface area contributed by atoms with E-state index in [2.05, 4.69) is 9.97 Å². The lowest BCUT2D eigenvalue weighted by molar-refractivity contribution is 0.624. The quantitative estimate of drug-likeness (QED) is 0.917. The predicted octanol–water partition coefficient (Wildman–Crippen LogP) is 2.54. The highest BCUT2D eigenvalue weighted by molar-refractivity contribution is 5.57. The van der Waals surface area contributed by atoms with Gasteiger partial charge in [-0.05, 0) is 32.0 Å². The lowest BCUT2D eigenvalue weighted by Crippen LogP contribution is -2.21. The van der Waals surface area contributed by atoms with Crippen LogP contribution >= 0.6 is 0 Å². The van der Waals surface area contributed by atoms with Crippen molar-refractivity contribution in [2.24, 2.45) is 5.73 Å². The summed E-state index contributed by atoms with van der Waals surface area (Å²) in [4.78, 5) is 10.5. The van der Waals surface area contributed by atoms with E-state index in [-0.39, 0.29) is 5.82 Å². The van der Waals surface area contributed by atoms with Crippen LogP contribution in [-0.4, -0.2) is 16.5 Å². The van der Waals surface area contributed by atoms with Crippen LogP contribution in [0.15, 0.2) is 30.3 Å². The Bertz CT molecular complexity index is 571. The molecule has 2 rings (SSSR count). The van der Waals surface area contributed by atoms with E-state index in [1.54, 1.807) is 23.1 Å². The Morgan fingerprint density at radius 1 is 1.26 bits per heavy atom. The first kappa shape index (κ1) is 13.4. The van der Waals surface area contributed by atoms with Crippen LogP contribution in [0.2, 0.25) is 0 Å². The minimum Gasteiger partial charge on any atom is -0.325 e. The maximum Gasteiger partial charge on any atom is 0.230 e. The molecule has 0 unspecified atom stereocenters. The van der Waals surface area contributed by atoms with Crippen molar-refractivity contribution in [3.8, 4) is 0 Å². The first-order valence-electron chi connectivity index (χ1n) is 6.22. The lowest BCUT2D eigenvalue weighted by Gasteiger charge is -2.22. The molecule has 4 nitrogen and oxygen atoms in total. The van der Waals surface area contributed by atoms with Crippen molar-refractivity contribution in [1.82, 2.24) is 9.97 Å². The smallest absolute Gasteiger partial charge is 0.230 e. The molecule has 1 aromatic carbocycles. The van der Waals surface area contributed by atoms with Gasteiger partial charge in [-0.2, -0.15) is 0 Å². The second kappa shape index (κ2) is 5.75. The summed E-state index contributed by atoms with van der Waals surface area (Å²) in [7, 11) is 0. The second-order valence-corrected chi connectivity index (χ2v) is 4.20. The Hall–Kier alpha value is -2.01. The highest BCUT2D eigenvalue weighted by atomic mass is 19.1. The summed E-state index contributed by atoms with van der Waals surface area (Å²) in [5, 5.41) is 0. The Morgan fingerprint density at radius 2 is 2.00 bits per heavy atom. The van der Waals surface area contributed by atoms with Crippen LogP contribution in [0.5, 0.6) is 0 Å². The number of benzene rings is 1. The van der Waals surface area contributed by atoms with Gasteiger partial charge in [0.2, 0.25) is 5.95 Å². The SMILES string of the molecule is CCN(c1nc(C)cc(CN)n1)c1ccccc1F. The molecule has 19 heavy (non-hydrogen) atoms. The van der Waals surface area contributed by atoms with E-state index in [0.29, 0.717) is 24.7 Å². The number of anilines is 2. The Morgan fingerprint density at radius 3 is 2.63 bits per heavy atom. The summed E-state index contributed by atoms with van der Waals surface area (Å²) in [5.41, 5.74) is 7.65. The highest BCUT2D eigenvalue weighted by Gasteiger charge is 2.15. The third kappa shape index (κ3) is 2.88. The molecule has 0 radical (unpaired) electrons. The van der Waals surface area contributed by atoms with Crippen LogP contribution < -0.4 is 10.6 Å². The van der Waals surface area contributed by atoms with Gasteiger partial charge < -0.3 is 10.6 Å². The fourth-order valence-corrected chi connectivity index (χ4v) is 1.93. The highest BCUT2D eigenvalue weighted by Crippen LogP contribution is 2.25. The van der Waals surface area contributed by atoms with Crippen LogP contribution in [-0.2, 0) is 6.54 Å². The number of halogens is 1. The van der Waals surface area contributed by atoms with E-state index in [1.807, 2.05) is 19.9 Å². The van der Waals surface area contributed by atoms with Gasteiger partial charge in [-0.15, -0.1) is 0 Å². The number of nitrogens with zero attached hydrogens (tertiary/aromatic N) is 3. The molecule has 2 aromatic rings. The van der Waals surface area contributed by atoms with Gasteiger partial charge in [0.05, 0.1) is 11.4 Å². The van der Waals surface area contributed by atoms with Crippen LogP contribution in [0.4, 0.5) is 16.0 Å². The van der Waals surface area contributed by atoms with Gasteiger partial charge in [-0.1, -0.05) is 12.1 Å². The molecule has 0 saturated carbocycles. The molecule has 1 aromatic heterocycles. The lowest BCUT2D eigenvalue weighted by atomic mass is 10.2. The normalized spacial score (nSPS) is 10.5. The maximum absolute atomic E-state index is 13.9. The molecule has 0 saturated heterocycles. The van der Waals surface area contributed by atoms with E-state index in [0.717, 1.165) is 11.4 Å². The van der Waals surface area contributed by atoms with Gasteiger partial charge in [0, 0.05) is 18.8 Å². The van der Waals surface area contributed by atoms with E-state index in [1.165, 1.54) is 6.07 Å². The van der Waals surface area contributed by atoms with E-state index in [4.69, 9.17) is 5.73 Å².